The summed E-state index contributed by atoms with van der Waals surface area (Å²) in [5.41, 5.74) is 2.72. The number of rotatable bonds is 5. The second-order valence-electron chi connectivity index (χ2n) is 6.03. The molecule has 0 amide bonds. The van der Waals surface area contributed by atoms with Crippen LogP contribution in [0.2, 0.25) is 0 Å². The molecule has 1 N–H and O–H groups in total. The predicted octanol–water partition coefficient (Wildman–Crippen LogP) is 1.82. The molecular formula is C17H26N2O2. The van der Waals surface area contributed by atoms with Crippen LogP contribution in [0.4, 0.5) is 0 Å². The van der Waals surface area contributed by atoms with E-state index in [9.17, 15) is 0 Å². The fourth-order valence-corrected chi connectivity index (χ4v) is 3.30. The number of nitrogens with one attached hydrogen (secondary N) is 1. The number of methoxy groups -OCH3 is 1. The van der Waals surface area contributed by atoms with Gasteiger partial charge in [-0.3, -0.25) is 4.90 Å². The number of hydrogen-bond donors (Lipinski definition) is 1. The molecule has 0 aromatic heterocycles. The Bertz CT molecular complexity index is 452. The molecule has 1 aromatic rings. The first kappa shape index (κ1) is 14.8. The van der Waals surface area contributed by atoms with Gasteiger partial charge >= 0.3 is 0 Å². The van der Waals surface area contributed by atoms with Crippen LogP contribution < -0.4 is 10.1 Å². The van der Waals surface area contributed by atoms with Gasteiger partial charge in [-0.05, 0) is 37.4 Å². The second kappa shape index (κ2) is 7.25. The van der Waals surface area contributed by atoms with E-state index in [0.29, 0.717) is 6.04 Å². The van der Waals surface area contributed by atoms with Crippen molar-refractivity contribution in [3.8, 4) is 5.75 Å². The summed E-state index contributed by atoms with van der Waals surface area (Å²) in [6.45, 7) is 5.83. The number of nitrogens with zero attached hydrogens (tertiary/aromatic N) is 1. The smallest absolute Gasteiger partial charge is 0.123 e. The van der Waals surface area contributed by atoms with Gasteiger partial charge in [0, 0.05) is 31.2 Å². The van der Waals surface area contributed by atoms with Gasteiger partial charge in [0.05, 0.1) is 20.3 Å². The summed E-state index contributed by atoms with van der Waals surface area (Å²) in [5, 5.41) is 3.58. The summed E-state index contributed by atoms with van der Waals surface area (Å²) in [7, 11) is 1.76. The number of benzene rings is 1. The normalized spacial score (nSPS) is 23.4. The summed E-state index contributed by atoms with van der Waals surface area (Å²) in [4.78, 5) is 2.44. The maximum atomic E-state index is 5.54. The fourth-order valence-electron chi connectivity index (χ4n) is 3.30. The Morgan fingerprint density at radius 1 is 1.33 bits per heavy atom. The molecule has 1 atom stereocenters. The molecule has 21 heavy (non-hydrogen) atoms. The maximum Gasteiger partial charge on any atom is 0.123 e. The van der Waals surface area contributed by atoms with Crippen LogP contribution in [0.3, 0.4) is 0 Å². The Balaban J connectivity index is 1.69. The third kappa shape index (κ3) is 3.96. The van der Waals surface area contributed by atoms with Crippen LogP contribution in [0.1, 0.15) is 24.0 Å². The number of ether oxygens (including phenoxy) is 2. The monoisotopic (exact) mass is 290 g/mol. The van der Waals surface area contributed by atoms with Crippen LogP contribution in [0.5, 0.6) is 5.75 Å². The van der Waals surface area contributed by atoms with Gasteiger partial charge in [0.25, 0.3) is 0 Å². The molecule has 2 heterocycles. The second-order valence-corrected chi connectivity index (χ2v) is 6.03. The van der Waals surface area contributed by atoms with Crippen molar-refractivity contribution >= 4 is 0 Å². The Kier molecular flexibility index (Phi) is 5.12. The topological polar surface area (TPSA) is 33.7 Å². The first-order chi connectivity index (χ1) is 10.3. The first-order valence-corrected chi connectivity index (χ1v) is 8.04. The van der Waals surface area contributed by atoms with E-state index < -0.39 is 0 Å². The van der Waals surface area contributed by atoms with E-state index in [2.05, 4.69) is 28.4 Å². The highest BCUT2D eigenvalue weighted by atomic mass is 16.5. The van der Waals surface area contributed by atoms with Gasteiger partial charge in [-0.25, -0.2) is 0 Å². The lowest BCUT2D eigenvalue weighted by molar-refractivity contribution is 0.0339. The average molecular weight is 290 g/mol. The van der Waals surface area contributed by atoms with Gasteiger partial charge in [0.1, 0.15) is 5.75 Å². The molecule has 0 spiro atoms. The fraction of sp³-hybridized carbons (Fsp3) is 0.647. The van der Waals surface area contributed by atoms with E-state index in [1.807, 2.05) is 0 Å². The minimum absolute atomic E-state index is 0.648. The van der Waals surface area contributed by atoms with E-state index in [0.717, 1.165) is 45.0 Å². The molecule has 2 aliphatic rings. The van der Waals surface area contributed by atoms with Crippen molar-refractivity contribution in [3.05, 3.63) is 29.3 Å². The Hall–Kier alpha value is -1.10. The van der Waals surface area contributed by atoms with Crippen molar-refractivity contribution in [2.45, 2.75) is 31.8 Å². The SMILES string of the molecule is COc1ccc(CC2CCCN2)cc1CN1CCOCC1. The Morgan fingerprint density at radius 3 is 2.90 bits per heavy atom. The molecule has 0 radical (unpaired) electrons. The van der Waals surface area contributed by atoms with Gasteiger partial charge in [-0.1, -0.05) is 12.1 Å². The molecule has 1 aromatic carbocycles. The van der Waals surface area contributed by atoms with Crippen LogP contribution in [0, 0.1) is 0 Å². The zero-order valence-electron chi connectivity index (χ0n) is 12.9. The summed E-state index contributed by atoms with van der Waals surface area (Å²) >= 11 is 0. The van der Waals surface area contributed by atoms with Crippen LogP contribution in [-0.2, 0) is 17.7 Å². The molecule has 2 aliphatic heterocycles. The van der Waals surface area contributed by atoms with E-state index in [4.69, 9.17) is 9.47 Å². The van der Waals surface area contributed by atoms with Crippen LogP contribution in [0.15, 0.2) is 18.2 Å². The molecule has 4 heteroatoms. The molecular weight excluding hydrogens is 264 g/mol. The van der Waals surface area contributed by atoms with Crippen LogP contribution >= 0.6 is 0 Å². The van der Waals surface area contributed by atoms with E-state index >= 15 is 0 Å². The molecule has 0 bridgehead atoms. The molecule has 116 valence electrons. The van der Waals surface area contributed by atoms with Crippen molar-refractivity contribution in [1.82, 2.24) is 10.2 Å². The highest BCUT2D eigenvalue weighted by molar-refractivity contribution is 5.37. The zero-order valence-corrected chi connectivity index (χ0v) is 12.9. The predicted molar refractivity (Wildman–Crippen MR) is 83.8 cm³/mol. The summed E-state index contributed by atoms with van der Waals surface area (Å²) in [5.74, 6) is 1.00. The molecule has 2 saturated heterocycles. The van der Waals surface area contributed by atoms with Crippen molar-refractivity contribution in [2.24, 2.45) is 0 Å². The molecule has 2 fully saturated rings. The minimum atomic E-state index is 0.648. The van der Waals surface area contributed by atoms with Gasteiger partial charge in [0.15, 0.2) is 0 Å². The third-order valence-electron chi connectivity index (χ3n) is 4.49. The largest absolute Gasteiger partial charge is 0.496 e. The number of morpholine rings is 1. The van der Waals surface area contributed by atoms with Crippen LogP contribution in [0.25, 0.3) is 0 Å². The summed E-state index contributed by atoms with van der Waals surface area (Å²) < 4.78 is 11.0. The highest BCUT2D eigenvalue weighted by Gasteiger charge is 2.17. The first-order valence-electron chi connectivity index (χ1n) is 8.04. The third-order valence-corrected chi connectivity index (χ3v) is 4.49. The lowest BCUT2D eigenvalue weighted by Gasteiger charge is -2.27. The standard InChI is InChI=1S/C17H26N2O2/c1-20-17-5-4-14(12-16-3-2-6-18-16)11-15(17)13-19-7-9-21-10-8-19/h4-5,11,16,18H,2-3,6-10,12-13H2,1H3. The average Bonchev–Trinajstić information content (AvgIpc) is 3.02. The van der Waals surface area contributed by atoms with Gasteiger partial charge in [-0.15, -0.1) is 0 Å². The van der Waals surface area contributed by atoms with E-state index in [1.165, 1.54) is 30.5 Å². The lowest BCUT2D eigenvalue weighted by atomic mass is 10.0. The minimum Gasteiger partial charge on any atom is -0.496 e. The van der Waals surface area contributed by atoms with Crippen molar-refractivity contribution in [2.75, 3.05) is 40.0 Å². The van der Waals surface area contributed by atoms with Crippen molar-refractivity contribution in [3.63, 3.8) is 0 Å². The van der Waals surface area contributed by atoms with E-state index in [-0.39, 0.29) is 0 Å². The van der Waals surface area contributed by atoms with Gasteiger partial charge < -0.3 is 14.8 Å². The molecule has 3 rings (SSSR count). The van der Waals surface area contributed by atoms with Crippen LogP contribution in [-0.4, -0.2) is 50.9 Å². The quantitative estimate of drug-likeness (QED) is 0.897. The zero-order chi connectivity index (χ0) is 14.5. The van der Waals surface area contributed by atoms with E-state index in [1.54, 1.807) is 7.11 Å². The highest BCUT2D eigenvalue weighted by Crippen LogP contribution is 2.23. The Morgan fingerprint density at radius 2 is 2.19 bits per heavy atom. The molecule has 0 saturated carbocycles. The van der Waals surface area contributed by atoms with Crippen molar-refractivity contribution in [1.29, 1.82) is 0 Å². The van der Waals surface area contributed by atoms with Crippen molar-refractivity contribution < 1.29 is 9.47 Å². The maximum absolute atomic E-state index is 5.54. The van der Waals surface area contributed by atoms with Gasteiger partial charge in [-0.2, -0.15) is 0 Å². The summed E-state index contributed by atoms with van der Waals surface area (Å²) in [6, 6.07) is 7.31. The molecule has 4 nitrogen and oxygen atoms in total. The Labute approximate surface area is 127 Å². The molecule has 1 unspecified atom stereocenters. The number of hydrogen-bond acceptors (Lipinski definition) is 4. The van der Waals surface area contributed by atoms with Gasteiger partial charge in [0.2, 0.25) is 0 Å². The summed E-state index contributed by atoms with van der Waals surface area (Å²) in [6.07, 6.45) is 3.73. The molecule has 0 aliphatic carbocycles. The lowest BCUT2D eigenvalue weighted by Crippen LogP contribution is -2.35.